The molecule has 3 rings (SSSR count). The summed E-state index contributed by atoms with van der Waals surface area (Å²) in [7, 11) is 0. The van der Waals surface area contributed by atoms with Crippen molar-refractivity contribution in [3.8, 4) is 11.6 Å². The quantitative estimate of drug-likeness (QED) is 0.897. The van der Waals surface area contributed by atoms with E-state index in [0.29, 0.717) is 5.92 Å². The first-order valence-corrected chi connectivity index (χ1v) is 6.26. The van der Waals surface area contributed by atoms with Crippen LogP contribution in [0.1, 0.15) is 11.1 Å². The van der Waals surface area contributed by atoms with Gasteiger partial charge in [0.2, 0.25) is 5.88 Å². The summed E-state index contributed by atoms with van der Waals surface area (Å²) in [6, 6.07) is 11.8. The molecule has 2 aromatic rings. The molecule has 0 bridgehead atoms. The molecular weight excluding hydrogens is 224 g/mol. The number of aromatic nitrogens is 1. The van der Waals surface area contributed by atoms with Crippen molar-refractivity contribution >= 4 is 0 Å². The van der Waals surface area contributed by atoms with Gasteiger partial charge in [0.25, 0.3) is 0 Å². The van der Waals surface area contributed by atoms with Gasteiger partial charge in [-0.15, -0.1) is 0 Å². The van der Waals surface area contributed by atoms with Crippen molar-refractivity contribution in [1.82, 2.24) is 4.98 Å². The van der Waals surface area contributed by atoms with Crippen molar-refractivity contribution < 1.29 is 4.74 Å². The molecule has 0 fully saturated rings. The third-order valence-electron chi connectivity index (χ3n) is 3.41. The van der Waals surface area contributed by atoms with Crippen LogP contribution in [0.3, 0.4) is 0 Å². The van der Waals surface area contributed by atoms with Crippen LogP contribution in [0, 0.1) is 5.92 Å². The van der Waals surface area contributed by atoms with Crippen molar-refractivity contribution in [2.24, 2.45) is 11.7 Å². The summed E-state index contributed by atoms with van der Waals surface area (Å²) in [5.41, 5.74) is 8.30. The van der Waals surface area contributed by atoms with Crippen LogP contribution in [0.5, 0.6) is 11.6 Å². The molecule has 0 aliphatic heterocycles. The molecule has 1 aliphatic rings. The van der Waals surface area contributed by atoms with Crippen LogP contribution in [-0.4, -0.2) is 11.5 Å². The van der Waals surface area contributed by atoms with E-state index < -0.39 is 0 Å². The van der Waals surface area contributed by atoms with Crippen LogP contribution in [-0.2, 0) is 12.8 Å². The highest BCUT2D eigenvalue weighted by Gasteiger charge is 2.24. The van der Waals surface area contributed by atoms with Gasteiger partial charge >= 0.3 is 0 Å². The maximum atomic E-state index is 5.86. The first-order valence-electron chi connectivity index (χ1n) is 6.26. The van der Waals surface area contributed by atoms with Gasteiger partial charge in [-0.25, -0.2) is 4.98 Å². The zero-order valence-corrected chi connectivity index (χ0v) is 10.2. The molecule has 1 aromatic heterocycles. The number of fused-ring (bicyclic) bond motifs is 1. The molecule has 1 atom stereocenters. The molecule has 0 amide bonds. The Bertz CT molecular complexity index is 539. The van der Waals surface area contributed by atoms with E-state index in [0.717, 1.165) is 31.0 Å². The summed E-state index contributed by atoms with van der Waals surface area (Å²) in [4.78, 5) is 4.35. The van der Waals surface area contributed by atoms with Crippen molar-refractivity contribution in [3.63, 3.8) is 0 Å². The standard InChI is InChI=1S/C15H16N2O/c16-10-11-8-12-6-7-17-15(14(12)9-11)18-13-4-2-1-3-5-13/h1-7,11H,8-10,16H2. The van der Waals surface area contributed by atoms with E-state index in [2.05, 4.69) is 11.1 Å². The highest BCUT2D eigenvalue weighted by molar-refractivity contribution is 5.41. The van der Waals surface area contributed by atoms with E-state index in [1.807, 2.05) is 36.5 Å². The van der Waals surface area contributed by atoms with Crippen LogP contribution in [0.15, 0.2) is 42.6 Å². The molecule has 0 saturated heterocycles. The van der Waals surface area contributed by atoms with Gasteiger partial charge in [0.15, 0.2) is 0 Å². The molecule has 0 spiro atoms. The van der Waals surface area contributed by atoms with E-state index in [4.69, 9.17) is 10.5 Å². The Hall–Kier alpha value is -1.87. The second-order valence-electron chi connectivity index (χ2n) is 4.68. The topological polar surface area (TPSA) is 48.1 Å². The van der Waals surface area contributed by atoms with Crippen molar-refractivity contribution in [2.45, 2.75) is 12.8 Å². The molecule has 1 aliphatic carbocycles. The second-order valence-corrected chi connectivity index (χ2v) is 4.68. The summed E-state index contributed by atoms with van der Waals surface area (Å²) in [5.74, 6) is 2.09. The Labute approximate surface area is 107 Å². The van der Waals surface area contributed by atoms with Gasteiger partial charge in [0.1, 0.15) is 5.75 Å². The zero-order chi connectivity index (χ0) is 12.4. The lowest BCUT2D eigenvalue weighted by Gasteiger charge is -2.08. The van der Waals surface area contributed by atoms with Crippen molar-refractivity contribution in [2.75, 3.05) is 6.54 Å². The summed E-state index contributed by atoms with van der Waals surface area (Å²) in [6.07, 6.45) is 3.83. The summed E-state index contributed by atoms with van der Waals surface area (Å²) in [6.45, 7) is 0.722. The lowest BCUT2D eigenvalue weighted by atomic mass is 10.1. The summed E-state index contributed by atoms with van der Waals surface area (Å²) < 4.78 is 5.86. The molecule has 92 valence electrons. The van der Waals surface area contributed by atoms with Crippen LogP contribution in [0.2, 0.25) is 0 Å². The molecule has 0 radical (unpaired) electrons. The number of hydrogen-bond donors (Lipinski definition) is 1. The van der Waals surface area contributed by atoms with E-state index in [-0.39, 0.29) is 0 Å². The molecule has 3 nitrogen and oxygen atoms in total. The number of pyridine rings is 1. The molecule has 2 N–H and O–H groups in total. The maximum Gasteiger partial charge on any atom is 0.222 e. The minimum Gasteiger partial charge on any atom is -0.439 e. The van der Waals surface area contributed by atoms with Gasteiger partial charge in [0.05, 0.1) is 0 Å². The largest absolute Gasteiger partial charge is 0.439 e. The van der Waals surface area contributed by atoms with Gasteiger partial charge in [-0.2, -0.15) is 0 Å². The van der Waals surface area contributed by atoms with Crippen LogP contribution in [0.25, 0.3) is 0 Å². The molecule has 18 heavy (non-hydrogen) atoms. The van der Waals surface area contributed by atoms with E-state index in [9.17, 15) is 0 Å². The number of nitrogens with two attached hydrogens (primary N) is 1. The fourth-order valence-electron chi connectivity index (χ4n) is 2.45. The average molecular weight is 240 g/mol. The number of nitrogens with zero attached hydrogens (tertiary/aromatic N) is 1. The third kappa shape index (κ3) is 2.09. The second kappa shape index (κ2) is 4.78. The van der Waals surface area contributed by atoms with Crippen LogP contribution >= 0.6 is 0 Å². The Morgan fingerprint density at radius 1 is 1.17 bits per heavy atom. The summed E-state index contributed by atoms with van der Waals surface area (Å²) >= 11 is 0. The normalized spacial score (nSPS) is 17.5. The predicted molar refractivity (Wildman–Crippen MR) is 70.7 cm³/mol. The Morgan fingerprint density at radius 3 is 2.78 bits per heavy atom. The smallest absolute Gasteiger partial charge is 0.222 e. The number of benzene rings is 1. The minimum atomic E-state index is 0.530. The van der Waals surface area contributed by atoms with Crippen LogP contribution < -0.4 is 10.5 Å². The number of para-hydroxylation sites is 1. The highest BCUT2D eigenvalue weighted by Crippen LogP contribution is 2.33. The molecular formula is C15H16N2O. The number of ether oxygens (including phenoxy) is 1. The fraction of sp³-hybridized carbons (Fsp3) is 0.267. The van der Waals surface area contributed by atoms with Gasteiger partial charge in [0, 0.05) is 11.8 Å². The lowest BCUT2D eigenvalue weighted by Crippen LogP contribution is -2.13. The molecule has 1 heterocycles. The molecule has 1 unspecified atom stereocenters. The SMILES string of the molecule is NCC1Cc2ccnc(Oc3ccccc3)c2C1. The first kappa shape index (κ1) is 11.2. The zero-order valence-electron chi connectivity index (χ0n) is 10.2. The van der Waals surface area contributed by atoms with E-state index >= 15 is 0 Å². The molecule has 3 heteroatoms. The predicted octanol–water partition coefficient (Wildman–Crippen LogP) is 2.55. The van der Waals surface area contributed by atoms with Gasteiger partial charge in [-0.3, -0.25) is 0 Å². The fourth-order valence-corrected chi connectivity index (χ4v) is 2.45. The highest BCUT2D eigenvalue weighted by atomic mass is 16.5. The third-order valence-corrected chi connectivity index (χ3v) is 3.41. The summed E-state index contributed by atoms with van der Waals surface area (Å²) in [5, 5.41) is 0. The minimum absolute atomic E-state index is 0.530. The van der Waals surface area contributed by atoms with Crippen molar-refractivity contribution in [3.05, 3.63) is 53.7 Å². The van der Waals surface area contributed by atoms with Gasteiger partial charge in [-0.1, -0.05) is 18.2 Å². The first-order chi connectivity index (χ1) is 8.86. The van der Waals surface area contributed by atoms with Crippen LogP contribution in [0.4, 0.5) is 0 Å². The van der Waals surface area contributed by atoms with E-state index in [1.54, 1.807) is 0 Å². The molecule has 0 saturated carbocycles. The van der Waals surface area contributed by atoms with Crippen molar-refractivity contribution in [1.29, 1.82) is 0 Å². The number of rotatable bonds is 3. The maximum absolute atomic E-state index is 5.86. The van der Waals surface area contributed by atoms with Gasteiger partial charge in [-0.05, 0) is 49.1 Å². The van der Waals surface area contributed by atoms with E-state index in [1.165, 1.54) is 11.1 Å². The number of hydrogen-bond acceptors (Lipinski definition) is 3. The lowest BCUT2D eigenvalue weighted by molar-refractivity contribution is 0.454. The average Bonchev–Trinajstić information content (AvgIpc) is 2.84. The monoisotopic (exact) mass is 240 g/mol. The Balaban J connectivity index is 1.89. The Morgan fingerprint density at radius 2 is 2.00 bits per heavy atom. The molecule has 1 aromatic carbocycles. The Kier molecular flexibility index (Phi) is 2.99. The van der Waals surface area contributed by atoms with Gasteiger partial charge < -0.3 is 10.5 Å².